The fourth-order valence-electron chi connectivity index (χ4n) is 4.08. The van der Waals surface area contributed by atoms with Crippen LogP contribution in [0.25, 0.3) is 6.08 Å². The summed E-state index contributed by atoms with van der Waals surface area (Å²) in [7, 11) is 3.20. The van der Waals surface area contributed by atoms with Gasteiger partial charge in [-0.2, -0.15) is 0 Å². The van der Waals surface area contributed by atoms with Crippen molar-refractivity contribution in [2.45, 2.75) is 32.9 Å². The molecular formula is C26H23BrI2N2O5S. The number of fused-ring (bicyclic) bond motifs is 1. The molecule has 0 bridgehead atoms. The molecule has 4 rings (SSSR count). The van der Waals surface area contributed by atoms with Crippen molar-refractivity contribution in [3.05, 3.63) is 84.0 Å². The summed E-state index contributed by atoms with van der Waals surface area (Å²) in [5.74, 6) is 0.828. The number of allylic oxidation sites excluding steroid dienone is 1. The van der Waals surface area contributed by atoms with Gasteiger partial charge in [-0.05, 0) is 108 Å². The maximum atomic E-state index is 13.9. The second-order valence-electron chi connectivity index (χ2n) is 8.44. The molecule has 0 spiro atoms. The normalized spacial score (nSPS) is 15.5. The minimum Gasteiger partial charge on any atom is -0.496 e. The number of hydrogen-bond acceptors (Lipinski definition) is 7. The van der Waals surface area contributed by atoms with Gasteiger partial charge < -0.3 is 14.2 Å². The first-order valence-corrected chi connectivity index (χ1v) is 14.9. The summed E-state index contributed by atoms with van der Waals surface area (Å²) in [6.07, 6.45) is 1.51. The van der Waals surface area contributed by atoms with E-state index >= 15 is 0 Å². The molecule has 0 saturated heterocycles. The van der Waals surface area contributed by atoms with E-state index in [1.807, 2.05) is 30.3 Å². The number of thiazole rings is 1. The molecule has 0 fully saturated rings. The Morgan fingerprint density at radius 3 is 2.43 bits per heavy atom. The molecular weight excluding hydrogens is 786 g/mol. The third-order valence-corrected chi connectivity index (χ3v) is 8.67. The summed E-state index contributed by atoms with van der Waals surface area (Å²) in [6, 6.07) is 8.67. The van der Waals surface area contributed by atoms with E-state index in [9.17, 15) is 9.59 Å². The van der Waals surface area contributed by atoms with E-state index in [4.69, 9.17) is 14.2 Å². The molecule has 1 atom stereocenters. The van der Waals surface area contributed by atoms with Crippen molar-refractivity contribution in [1.29, 1.82) is 0 Å². The van der Waals surface area contributed by atoms with Crippen LogP contribution >= 0.6 is 72.4 Å². The molecule has 7 nitrogen and oxygen atoms in total. The number of aromatic nitrogens is 1. The van der Waals surface area contributed by atoms with Crippen molar-refractivity contribution in [3.63, 3.8) is 0 Å². The fourth-order valence-corrected chi connectivity index (χ4v) is 7.76. The Hall–Kier alpha value is -1.71. The molecule has 0 amide bonds. The van der Waals surface area contributed by atoms with Gasteiger partial charge in [-0.1, -0.05) is 27.3 Å². The molecule has 2 heterocycles. The van der Waals surface area contributed by atoms with Crippen LogP contribution in [0.3, 0.4) is 0 Å². The second-order valence-corrected chi connectivity index (χ2v) is 12.7. The van der Waals surface area contributed by atoms with Gasteiger partial charge in [0.25, 0.3) is 5.56 Å². The van der Waals surface area contributed by atoms with Gasteiger partial charge in [0.1, 0.15) is 17.5 Å². The number of rotatable bonds is 6. The highest BCUT2D eigenvalue weighted by molar-refractivity contribution is 14.1. The number of hydrogen-bond donors (Lipinski definition) is 0. The van der Waals surface area contributed by atoms with Gasteiger partial charge >= 0.3 is 5.97 Å². The zero-order chi connectivity index (χ0) is 27.0. The number of carbonyl (C=O) groups excluding carboxylic acids is 1. The van der Waals surface area contributed by atoms with Crippen molar-refractivity contribution >= 4 is 84.5 Å². The Morgan fingerprint density at radius 1 is 1.16 bits per heavy atom. The van der Waals surface area contributed by atoms with E-state index in [1.54, 1.807) is 45.6 Å². The molecule has 0 aliphatic carbocycles. The van der Waals surface area contributed by atoms with Crippen molar-refractivity contribution in [1.82, 2.24) is 4.57 Å². The quantitative estimate of drug-likeness (QED) is 0.254. The number of methoxy groups -OCH3 is 2. The van der Waals surface area contributed by atoms with Crippen LogP contribution in [0, 0.1) is 7.14 Å². The van der Waals surface area contributed by atoms with Crippen LogP contribution in [0.15, 0.2) is 55.9 Å². The Labute approximate surface area is 253 Å². The molecule has 2 aromatic carbocycles. The van der Waals surface area contributed by atoms with Crippen molar-refractivity contribution < 1.29 is 19.0 Å². The lowest BCUT2D eigenvalue weighted by Crippen LogP contribution is -2.40. The Balaban J connectivity index is 1.99. The third kappa shape index (κ3) is 5.69. The first-order chi connectivity index (χ1) is 17.5. The van der Waals surface area contributed by atoms with Gasteiger partial charge in [0.15, 0.2) is 4.80 Å². The Bertz CT molecular complexity index is 1590. The molecule has 3 aromatic rings. The molecule has 0 radical (unpaired) electrons. The highest BCUT2D eigenvalue weighted by atomic mass is 127. The predicted octanol–water partition coefficient (Wildman–Crippen LogP) is 5.18. The van der Waals surface area contributed by atoms with E-state index in [-0.39, 0.29) is 11.7 Å². The summed E-state index contributed by atoms with van der Waals surface area (Å²) in [5.41, 5.74) is 2.07. The molecule has 0 N–H and O–H groups in total. The monoisotopic (exact) mass is 808 g/mol. The zero-order valence-electron chi connectivity index (χ0n) is 20.6. The van der Waals surface area contributed by atoms with Crippen LogP contribution in [-0.4, -0.2) is 30.9 Å². The third-order valence-electron chi connectivity index (χ3n) is 5.59. The lowest BCUT2D eigenvalue weighted by molar-refractivity contribution is -0.143. The van der Waals surface area contributed by atoms with Crippen LogP contribution in [0.1, 0.15) is 37.9 Å². The summed E-state index contributed by atoms with van der Waals surface area (Å²) in [6.45, 7) is 5.34. The summed E-state index contributed by atoms with van der Waals surface area (Å²) < 4.78 is 21.4. The summed E-state index contributed by atoms with van der Waals surface area (Å²) in [4.78, 5) is 32.4. The average molecular weight is 809 g/mol. The Morgan fingerprint density at radius 2 is 1.84 bits per heavy atom. The minimum atomic E-state index is -0.770. The number of esters is 1. The van der Waals surface area contributed by atoms with Crippen molar-refractivity contribution in [2.24, 2.45) is 4.99 Å². The van der Waals surface area contributed by atoms with E-state index in [0.29, 0.717) is 31.9 Å². The number of nitrogens with zero attached hydrogens (tertiary/aromatic N) is 2. The number of halogens is 3. The molecule has 1 aromatic heterocycles. The molecule has 0 unspecified atom stereocenters. The highest BCUT2D eigenvalue weighted by Gasteiger charge is 2.35. The van der Waals surface area contributed by atoms with Crippen LogP contribution in [0.2, 0.25) is 0 Å². The van der Waals surface area contributed by atoms with Gasteiger partial charge in [0.2, 0.25) is 0 Å². The number of benzene rings is 2. The van der Waals surface area contributed by atoms with Crippen molar-refractivity contribution in [2.75, 3.05) is 14.2 Å². The second kappa shape index (κ2) is 11.6. The molecule has 1 aliphatic rings. The molecule has 0 saturated carbocycles. The maximum Gasteiger partial charge on any atom is 0.338 e. The topological polar surface area (TPSA) is 79.1 Å². The van der Waals surface area contributed by atoms with E-state index in [0.717, 1.165) is 22.9 Å². The van der Waals surface area contributed by atoms with Crippen molar-refractivity contribution in [3.8, 4) is 11.5 Å². The maximum absolute atomic E-state index is 13.9. The first-order valence-electron chi connectivity index (χ1n) is 11.2. The van der Waals surface area contributed by atoms with E-state index in [2.05, 4.69) is 66.1 Å². The fraction of sp³-hybridized carbons (Fsp3) is 0.269. The summed E-state index contributed by atoms with van der Waals surface area (Å²) in [5, 5.41) is 0. The van der Waals surface area contributed by atoms with Gasteiger partial charge in [-0.25, -0.2) is 9.79 Å². The van der Waals surface area contributed by atoms with Crippen LogP contribution in [-0.2, 0) is 9.53 Å². The van der Waals surface area contributed by atoms with E-state index < -0.39 is 12.0 Å². The van der Waals surface area contributed by atoms with Crippen LogP contribution in [0.4, 0.5) is 0 Å². The SMILES string of the molecule is COc1ccc(Br)cc1[C@@H]1C(C(=O)OC(C)C)=C(C)N=c2s/c(=C\c3cc(I)c(OC)c(I)c3)c(=O)n21. The highest BCUT2D eigenvalue weighted by Crippen LogP contribution is 2.37. The molecule has 1 aliphatic heterocycles. The first kappa shape index (κ1) is 28.3. The predicted molar refractivity (Wildman–Crippen MR) is 164 cm³/mol. The lowest BCUT2D eigenvalue weighted by atomic mass is 9.95. The number of ether oxygens (including phenoxy) is 3. The molecule has 37 heavy (non-hydrogen) atoms. The minimum absolute atomic E-state index is 0.251. The molecule has 194 valence electrons. The lowest BCUT2D eigenvalue weighted by Gasteiger charge is -2.26. The smallest absolute Gasteiger partial charge is 0.338 e. The van der Waals surface area contributed by atoms with Gasteiger partial charge in [0.05, 0.1) is 43.3 Å². The van der Waals surface area contributed by atoms with Gasteiger partial charge in [-0.3, -0.25) is 9.36 Å². The van der Waals surface area contributed by atoms with Gasteiger partial charge in [0, 0.05) is 10.0 Å². The zero-order valence-corrected chi connectivity index (χ0v) is 27.3. The largest absolute Gasteiger partial charge is 0.496 e. The Kier molecular flexibility index (Phi) is 8.86. The van der Waals surface area contributed by atoms with Crippen LogP contribution < -0.4 is 24.4 Å². The number of carbonyl (C=O) groups is 1. The van der Waals surface area contributed by atoms with Gasteiger partial charge in [-0.15, -0.1) is 0 Å². The average Bonchev–Trinajstić information content (AvgIpc) is 3.11. The standard InChI is InChI=1S/C26H23BrI2N2O5S/c1-12(2)36-25(33)21-13(3)30-26-31(22(21)16-11-15(27)6-7-19(16)34-4)24(32)20(37-26)10-14-8-17(28)23(35-5)18(29)9-14/h6-12,22H,1-5H3/b20-10-/t22-/m1/s1. The van der Waals surface area contributed by atoms with Crippen LogP contribution in [0.5, 0.6) is 11.5 Å². The summed E-state index contributed by atoms with van der Waals surface area (Å²) >= 11 is 9.24. The molecule has 11 heteroatoms. The van der Waals surface area contributed by atoms with E-state index in [1.165, 1.54) is 11.3 Å².